The summed E-state index contributed by atoms with van der Waals surface area (Å²) in [6.07, 6.45) is 6.14. The Morgan fingerprint density at radius 1 is 1.10 bits per heavy atom. The van der Waals surface area contributed by atoms with E-state index in [9.17, 15) is 0 Å². The van der Waals surface area contributed by atoms with Gasteiger partial charge in [0.1, 0.15) is 0 Å². The lowest BCUT2D eigenvalue weighted by atomic mass is 10.0. The minimum atomic E-state index is 0.474. The zero-order valence-corrected chi connectivity index (χ0v) is 13.2. The van der Waals surface area contributed by atoms with Crippen molar-refractivity contribution in [3.05, 3.63) is 64.7 Å². The van der Waals surface area contributed by atoms with Crippen LogP contribution < -0.4 is 5.32 Å². The molecule has 1 aliphatic rings. The van der Waals surface area contributed by atoms with E-state index in [4.69, 9.17) is 0 Å². The van der Waals surface area contributed by atoms with Crippen LogP contribution >= 0.6 is 0 Å². The summed E-state index contributed by atoms with van der Waals surface area (Å²) in [6, 6.07) is 16.3. The normalized spacial score (nSPS) is 16.8. The Hall–Kier alpha value is -1.76. The highest BCUT2D eigenvalue weighted by molar-refractivity contribution is 5.49. The van der Waals surface area contributed by atoms with Crippen molar-refractivity contribution in [3.8, 4) is 0 Å². The summed E-state index contributed by atoms with van der Waals surface area (Å²) >= 11 is 0. The molecule has 1 nitrogen and oxygen atoms in total. The van der Waals surface area contributed by atoms with E-state index >= 15 is 0 Å². The highest BCUT2D eigenvalue weighted by Gasteiger charge is 2.22. The summed E-state index contributed by atoms with van der Waals surface area (Å²) < 4.78 is 0. The average molecular weight is 279 g/mol. The zero-order valence-electron chi connectivity index (χ0n) is 13.2. The van der Waals surface area contributed by atoms with E-state index in [1.54, 1.807) is 0 Å². The molecule has 110 valence electrons. The molecule has 2 aromatic carbocycles. The van der Waals surface area contributed by atoms with Gasteiger partial charge in [-0.25, -0.2) is 0 Å². The second-order valence-corrected chi connectivity index (χ2v) is 6.24. The molecule has 1 heteroatoms. The van der Waals surface area contributed by atoms with E-state index in [0.29, 0.717) is 6.04 Å². The molecule has 0 amide bonds. The van der Waals surface area contributed by atoms with Crippen molar-refractivity contribution in [2.45, 2.75) is 52.0 Å². The maximum absolute atomic E-state index is 3.71. The molecule has 0 aromatic heterocycles. The van der Waals surface area contributed by atoms with E-state index in [1.807, 2.05) is 0 Å². The SMILES string of the molecule is CCCCc1ccc(NC2CCc3ccc(C)cc32)cc1. The average Bonchev–Trinajstić information content (AvgIpc) is 2.89. The topological polar surface area (TPSA) is 12.0 Å². The van der Waals surface area contributed by atoms with Crippen molar-refractivity contribution in [2.24, 2.45) is 0 Å². The van der Waals surface area contributed by atoms with Crippen molar-refractivity contribution < 1.29 is 0 Å². The Kier molecular flexibility index (Phi) is 4.28. The first-order chi connectivity index (χ1) is 10.3. The number of hydrogen-bond donors (Lipinski definition) is 1. The van der Waals surface area contributed by atoms with E-state index in [2.05, 4.69) is 61.6 Å². The minimum absolute atomic E-state index is 0.474. The van der Waals surface area contributed by atoms with Gasteiger partial charge in [-0.3, -0.25) is 0 Å². The molecule has 1 aliphatic carbocycles. The van der Waals surface area contributed by atoms with Crippen LogP contribution in [0.2, 0.25) is 0 Å². The molecule has 0 fully saturated rings. The van der Waals surface area contributed by atoms with Crippen LogP contribution in [0.4, 0.5) is 5.69 Å². The summed E-state index contributed by atoms with van der Waals surface area (Å²) in [4.78, 5) is 0. The Bertz CT molecular complexity index is 598. The van der Waals surface area contributed by atoms with Crippen LogP contribution in [0.5, 0.6) is 0 Å². The standard InChI is InChI=1S/C20H25N/c1-3-4-5-16-7-11-18(12-8-16)21-20-13-10-17-9-6-15(2)14-19(17)20/h6-9,11-12,14,20-21H,3-5,10,13H2,1-2H3. The smallest absolute Gasteiger partial charge is 0.0519 e. The second-order valence-electron chi connectivity index (χ2n) is 6.24. The Morgan fingerprint density at radius 2 is 1.90 bits per heavy atom. The summed E-state index contributed by atoms with van der Waals surface area (Å²) in [5.41, 5.74) is 7.06. The first-order valence-corrected chi connectivity index (χ1v) is 8.21. The van der Waals surface area contributed by atoms with E-state index in [0.717, 1.165) is 0 Å². The van der Waals surface area contributed by atoms with Crippen LogP contribution in [0.15, 0.2) is 42.5 Å². The van der Waals surface area contributed by atoms with Crippen LogP contribution in [0, 0.1) is 6.92 Å². The Labute approximate surface area is 128 Å². The van der Waals surface area contributed by atoms with Gasteiger partial charge in [0, 0.05) is 5.69 Å². The third kappa shape index (κ3) is 3.29. The van der Waals surface area contributed by atoms with Gasteiger partial charge in [-0.1, -0.05) is 49.2 Å². The predicted octanol–water partition coefficient (Wildman–Crippen LogP) is 5.44. The minimum Gasteiger partial charge on any atom is -0.378 e. The van der Waals surface area contributed by atoms with E-state index in [1.165, 1.54) is 60.0 Å². The molecule has 0 saturated carbocycles. The quantitative estimate of drug-likeness (QED) is 0.768. The molecule has 1 N–H and O–H groups in total. The van der Waals surface area contributed by atoms with Crippen LogP contribution in [0.1, 0.15) is 54.5 Å². The van der Waals surface area contributed by atoms with Gasteiger partial charge >= 0.3 is 0 Å². The molecular weight excluding hydrogens is 254 g/mol. The van der Waals surface area contributed by atoms with Crippen molar-refractivity contribution in [1.29, 1.82) is 0 Å². The lowest BCUT2D eigenvalue weighted by Crippen LogP contribution is -2.07. The van der Waals surface area contributed by atoms with Crippen molar-refractivity contribution >= 4 is 5.69 Å². The van der Waals surface area contributed by atoms with Crippen LogP contribution in [-0.4, -0.2) is 0 Å². The molecule has 3 rings (SSSR count). The number of unbranched alkanes of at least 4 members (excludes halogenated alkanes) is 1. The lowest BCUT2D eigenvalue weighted by molar-refractivity contribution is 0.761. The van der Waals surface area contributed by atoms with Gasteiger partial charge in [0.25, 0.3) is 0 Å². The van der Waals surface area contributed by atoms with Crippen LogP contribution in [-0.2, 0) is 12.8 Å². The second kappa shape index (κ2) is 6.34. The van der Waals surface area contributed by atoms with E-state index in [-0.39, 0.29) is 0 Å². The van der Waals surface area contributed by atoms with Crippen molar-refractivity contribution in [3.63, 3.8) is 0 Å². The first-order valence-electron chi connectivity index (χ1n) is 8.21. The number of rotatable bonds is 5. The number of nitrogens with one attached hydrogen (secondary N) is 1. The number of hydrogen-bond acceptors (Lipinski definition) is 1. The van der Waals surface area contributed by atoms with Gasteiger partial charge in [-0.15, -0.1) is 0 Å². The van der Waals surface area contributed by atoms with Gasteiger partial charge < -0.3 is 5.32 Å². The molecule has 1 atom stereocenters. The van der Waals surface area contributed by atoms with Crippen LogP contribution in [0.25, 0.3) is 0 Å². The number of benzene rings is 2. The van der Waals surface area contributed by atoms with Gasteiger partial charge in [0.15, 0.2) is 0 Å². The molecule has 2 aromatic rings. The molecular formula is C20H25N. The fourth-order valence-electron chi connectivity index (χ4n) is 3.22. The fraction of sp³-hybridized carbons (Fsp3) is 0.400. The molecule has 0 bridgehead atoms. The van der Waals surface area contributed by atoms with Gasteiger partial charge in [-0.2, -0.15) is 0 Å². The number of fused-ring (bicyclic) bond motifs is 1. The Morgan fingerprint density at radius 3 is 2.67 bits per heavy atom. The van der Waals surface area contributed by atoms with Gasteiger partial charge in [0.05, 0.1) is 6.04 Å². The third-order valence-corrected chi connectivity index (χ3v) is 4.49. The third-order valence-electron chi connectivity index (χ3n) is 4.49. The molecule has 0 saturated heterocycles. The lowest BCUT2D eigenvalue weighted by Gasteiger charge is -2.16. The highest BCUT2D eigenvalue weighted by Crippen LogP contribution is 2.34. The summed E-state index contributed by atoms with van der Waals surface area (Å²) in [6.45, 7) is 4.42. The van der Waals surface area contributed by atoms with E-state index < -0.39 is 0 Å². The largest absolute Gasteiger partial charge is 0.378 e. The summed E-state index contributed by atoms with van der Waals surface area (Å²) in [7, 11) is 0. The zero-order chi connectivity index (χ0) is 14.7. The molecule has 0 heterocycles. The van der Waals surface area contributed by atoms with Gasteiger partial charge in [-0.05, 0) is 61.4 Å². The van der Waals surface area contributed by atoms with Crippen molar-refractivity contribution in [1.82, 2.24) is 0 Å². The first kappa shape index (κ1) is 14.2. The Balaban J connectivity index is 1.69. The molecule has 0 spiro atoms. The molecule has 0 radical (unpaired) electrons. The predicted molar refractivity (Wildman–Crippen MR) is 90.9 cm³/mol. The van der Waals surface area contributed by atoms with Gasteiger partial charge in [0.2, 0.25) is 0 Å². The maximum Gasteiger partial charge on any atom is 0.0519 e. The molecule has 0 aliphatic heterocycles. The fourth-order valence-corrected chi connectivity index (χ4v) is 3.22. The highest BCUT2D eigenvalue weighted by atomic mass is 14.9. The number of aryl methyl sites for hydroxylation is 3. The van der Waals surface area contributed by atoms with Crippen molar-refractivity contribution in [2.75, 3.05) is 5.32 Å². The molecule has 1 unspecified atom stereocenters. The summed E-state index contributed by atoms with van der Waals surface area (Å²) in [5.74, 6) is 0. The van der Waals surface area contributed by atoms with Crippen LogP contribution in [0.3, 0.4) is 0 Å². The maximum atomic E-state index is 3.71. The summed E-state index contributed by atoms with van der Waals surface area (Å²) in [5, 5.41) is 3.71. The molecule has 21 heavy (non-hydrogen) atoms. The monoisotopic (exact) mass is 279 g/mol. The number of anilines is 1.